The predicted octanol–water partition coefficient (Wildman–Crippen LogP) is 2.55. The van der Waals surface area contributed by atoms with Crippen LogP contribution in [-0.4, -0.2) is 30.6 Å². The van der Waals surface area contributed by atoms with Crippen LogP contribution < -0.4 is 5.32 Å². The van der Waals surface area contributed by atoms with Gasteiger partial charge in [0.15, 0.2) is 0 Å². The Bertz CT molecular complexity index is 365. The summed E-state index contributed by atoms with van der Waals surface area (Å²) in [4.78, 5) is 2.52. The molecular weight excluding hydrogens is 264 g/mol. The standard InChI is InChI=1S/C13H19BrN2/c1-10-3-4-13(14)7-12(10)9-16-6-5-15-11(2)8-16/h3-4,7,11,15H,5-6,8-9H2,1-2H3/t11-/m0/s1. The van der Waals surface area contributed by atoms with E-state index in [-0.39, 0.29) is 0 Å². The smallest absolute Gasteiger partial charge is 0.0237 e. The molecule has 1 heterocycles. The number of rotatable bonds is 2. The Morgan fingerprint density at radius 2 is 2.31 bits per heavy atom. The second-order valence-electron chi connectivity index (χ2n) is 4.66. The summed E-state index contributed by atoms with van der Waals surface area (Å²) in [5, 5.41) is 3.47. The lowest BCUT2D eigenvalue weighted by Crippen LogP contribution is -2.48. The summed E-state index contributed by atoms with van der Waals surface area (Å²) < 4.78 is 1.18. The maximum absolute atomic E-state index is 3.54. The molecule has 16 heavy (non-hydrogen) atoms. The van der Waals surface area contributed by atoms with Crippen LogP contribution in [0.2, 0.25) is 0 Å². The minimum absolute atomic E-state index is 0.612. The molecule has 1 aromatic rings. The summed E-state index contributed by atoms with van der Waals surface area (Å²) in [7, 11) is 0. The molecule has 0 radical (unpaired) electrons. The molecule has 1 aromatic carbocycles. The van der Waals surface area contributed by atoms with Crippen LogP contribution in [0.3, 0.4) is 0 Å². The van der Waals surface area contributed by atoms with Gasteiger partial charge in [-0.25, -0.2) is 0 Å². The Kier molecular flexibility index (Phi) is 4.00. The third kappa shape index (κ3) is 3.06. The second kappa shape index (κ2) is 5.30. The average Bonchev–Trinajstić information content (AvgIpc) is 2.24. The van der Waals surface area contributed by atoms with Crippen molar-refractivity contribution >= 4 is 15.9 Å². The Balaban J connectivity index is 2.05. The molecule has 0 aromatic heterocycles. The normalized spacial score (nSPS) is 22.3. The molecule has 1 fully saturated rings. The number of nitrogens with zero attached hydrogens (tertiary/aromatic N) is 1. The zero-order valence-corrected chi connectivity index (χ0v) is 11.5. The van der Waals surface area contributed by atoms with Crippen molar-refractivity contribution in [1.82, 2.24) is 10.2 Å². The predicted molar refractivity (Wildman–Crippen MR) is 71.6 cm³/mol. The van der Waals surface area contributed by atoms with Crippen LogP contribution in [0.1, 0.15) is 18.1 Å². The lowest BCUT2D eigenvalue weighted by atomic mass is 10.1. The van der Waals surface area contributed by atoms with E-state index in [2.05, 4.69) is 58.2 Å². The topological polar surface area (TPSA) is 15.3 Å². The number of aryl methyl sites for hydroxylation is 1. The van der Waals surface area contributed by atoms with Gasteiger partial charge in [0.2, 0.25) is 0 Å². The molecule has 0 aliphatic carbocycles. The van der Waals surface area contributed by atoms with Crippen molar-refractivity contribution in [2.24, 2.45) is 0 Å². The monoisotopic (exact) mass is 282 g/mol. The zero-order chi connectivity index (χ0) is 11.5. The summed E-state index contributed by atoms with van der Waals surface area (Å²) in [5.41, 5.74) is 2.82. The number of hydrogen-bond donors (Lipinski definition) is 1. The maximum Gasteiger partial charge on any atom is 0.0237 e. The molecule has 3 heteroatoms. The van der Waals surface area contributed by atoms with E-state index in [4.69, 9.17) is 0 Å². The molecule has 1 saturated heterocycles. The third-order valence-corrected chi connectivity index (χ3v) is 3.65. The first-order valence-electron chi connectivity index (χ1n) is 5.86. The van der Waals surface area contributed by atoms with Crippen LogP contribution >= 0.6 is 15.9 Å². The van der Waals surface area contributed by atoms with E-state index in [0.29, 0.717) is 6.04 Å². The molecule has 0 saturated carbocycles. The van der Waals surface area contributed by atoms with Crippen LogP contribution in [0.15, 0.2) is 22.7 Å². The minimum atomic E-state index is 0.612. The van der Waals surface area contributed by atoms with Gasteiger partial charge in [-0.1, -0.05) is 22.0 Å². The van der Waals surface area contributed by atoms with E-state index in [1.165, 1.54) is 15.6 Å². The highest BCUT2D eigenvalue weighted by molar-refractivity contribution is 9.10. The molecule has 1 aliphatic heterocycles. The van der Waals surface area contributed by atoms with Gasteiger partial charge in [-0.3, -0.25) is 4.90 Å². The van der Waals surface area contributed by atoms with E-state index in [0.717, 1.165) is 26.2 Å². The van der Waals surface area contributed by atoms with Crippen molar-refractivity contribution in [3.63, 3.8) is 0 Å². The van der Waals surface area contributed by atoms with Gasteiger partial charge < -0.3 is 5.32 Å². The third-order valence-electron chi connectivity index (χ3n) is 3.16. The van der Waals surface area contributed by atoms with Crippen LogP contribution in [0.5, 0.6) is 0 Å². The molecule has 1 aliphatic rings. The largest absolute Gasteiger partial charge is 0.312 e. The van der Waals surface area contributed by atoms with Crippen molar-refractivity contribution in [3.05, 3.63) is 33.8 Å². The number of nitrogens with one attached hydrogen (secondary N) is 1. The summed E-state index contributed by atoms with van der Waals surface area (Å²) in [6, 6.07) is 7.15. The van der Waals surface area contributed by atoms with Gasteiger partial charge in [-0.2, -0.15) is 0 Å². The molecular formula is C13H19BrN2. The van der Waals surface area contributed by atoms with Crippen molar-refractivity contribution in [1.29, 1.82) is 0 Å². The number of hydrogen-bond acceptors (Lipinski definition) is 2. The van der Waals surface area contributed by atoms with Gasteiger partial charge in [0.1, 0.15) is 0 Å². The van der Waals surface area contributed by atoms with E-state index < -0.39 is 0 Å². The quantitative estimate of drug-likeness (QED) is 0.897. The second-order valence-corrected chi connectivity index (χ2v) is 5.58. The maximum atomic E-state index is 3.54. The summed E-state index contributed by atoms with van der Waals surface area (Å²) in [6.45, 7) is 8.90. The molecule has 0 bridgehead atoms. The molecule has 0 unspecified atom stereocenters. The summed E-state index contributed by atoms with van der Waals surface area (Å²) >= 11 is 3.54. The van der Waals surface area contributed by atoms with Crippen LogP contribution in [0.4, 0.5) is 0 Å². The highest BCUT2D eigenvalue weighted by Crippen LogP contribution is 2.18. The first-order valence-corrected chi connectivity index (χ1v) is 6.65. The number of piperazine rings is 1. The van der Waals surface area contributed by atoms with Crippen LogP contribution in [0, 0.1) is 6.92 Å². The van der Waals surface area contributed by atoms with Crippen molar-refractivity contribution in [3.8, 4) is 0 Å². The van der Waals surface area contributed by atoms with Crippen molar-refractivity contribution in [2.45, 2.75) is 26.4 Å². The SMILES string of the molecule is Cc1ccc(Br)cc1CN1CCN[C@@H](C)C1. The fourth-order valence-corrected chi connectivity index (χ4v) is 2.62. The van der Waals surface area contributed by atoms with E-state index in [1.54, 1.807) is 0 Å². The van der Waals surface area contributed by atoms with Gasteiger partial charge in [0.05, 0.1) is 0 Å². The Morgan fingerprint density at radius 1 is 1.50 bits per heavy atom. The molecule has 1 N–H and O–H groups in total. The van der Waals surface area contributed by atoms with Gasteiger partial charge in [0.25, 0.3) is 0 Å². The van der Waals surface area contributed by atoms with E-state index >= 15 is 0 Å². The van der Waals surface area contributed by atoms with Gasteiger partial charge in [-0.15, -0.1) is 0 Å². The Morgan fingerprint density at radius 3 is 3.06 bits per heavy atom. The number of benzene rings is 1. The average molecular weight is 283 g/mol. The fourth-order valence-electron chi connectivity index (χ4n) is 2.21. The lowest BCUT2D eigenvalue weighted by molar-refractivity contribution is 0.199. The highest BCUT2D eigenvalue weighted by atomic mass is 79.9. The first kappa shape index (κ1) is 12.1. The lowest BCUT2D eigenvalue weighted by Gasteiger charge is -2.32. The Hall–Kier alpha value is -0.380. The van der Waals surface area contributed by atoms with Crippen molar-refractivity contribution in [2.75, 3.05) is 19.6 Å². The zero-order valence-electron chi connectivity index (χ0n) is 9.96. The molecule has 1 atom stereocenters. The Labute approximate surface area is 106 Å². The van der Waals surface area contributed by atoms with E-state index in [1.807, 2.05) is 0 Å². The first-order chi connectivity index (χ1) is 7.65. The van der Waals surface area contributed by atoms with Gasteiger partial charge >= 0.3 is 0 Å². The molecule has 2 rings (SSSR count). The summed E-state index contributed by atoms with van der Waals surface area (Å²) in [6.07, 6.45) is 0. The molecule has 88 valence electrons. The molecule has 0 amide bonds. The van der Waals surface area contributed by atoms with Gasteiger partial charge in [0, 0.05) is 36.7 Å². The number of halogens is 1. The fraction of sp³-hybridized carbons (Fsp3) is 0.538. The van der Waals surface area contributed by atoms with E-state index in [9.17, 15) is 0 Å². The van der Waals surface area contributed by atoms with Gasteiger partial charge in [-0.05, 0) is 37.1 Å². The highest BCUT2D eigenvalue weighted by Gasteiger charge is 2.16. The summed E-state index contributed by atoms with van der Waals surface area (Å²) in [5.74, 6) is 0. The van der Waals surface area contributed by atoms with Crippen LogP contribution in [0.25, 0.3) is 0 Å². The minimum Gasteiger partial charge on any atom is -0.312 e. The molecule has 2 nitrogen and oxygen atoms in total. The van der Waals surface area contributed by atoms with Crippen molar-refractivity contribution < 1.29 is 0 Å². The van der Waals surface area contributed by atoms with Crippen LogP contribution in [-0.2, 0) is 6.54 Å². The molecule has 0 spiro atoms.